The average Bonchev–Trinajstić information content (AvgIpc) is 2.62. The van der Waals surface area contributed by atoms with Crippen LogP contribution in [0, 0.1) is 0 Å². The highest BCUT2D eigenvalue weighted by molar-refractivity contribution is 5.78. The van der Waals surface area contributed by atoms with Crippen LogP contribution in [0.4, 0.5) is 11.4 Å². The lowest BCUT2D eigenvalue weighted by Gasteiger charge is -2.26. The van der Waals surface area contributed by atoms with Crippen LogP contribution in [0.5, 0.6) is 0 Å². The highest BCUT2D eigenvalue weighted by Gasteiger charge is 2.18. The molecule has 1 aliphatic rings. The Balaban J connectivity index is 1.81. The zero-order valence-electron chi connectivity index (χ0n) is 14.3. The maximum atomic E-state index is 3.40. The number of likely N-dealkylation sites (N-methyl/N-ethyl adjacent to an activating group) is 1. The summed E-state index contributed by atoms with van der Waals surface area (Å²) < 4.78 is 0. The Morgan fingerprint density at radius 2 is 1.62 bits per heavy atom. The topological polar surface area (TPSA) is 29.2 Å². The minimum atomic E-state index is 0.953. The predicted octanol–water partition coefficient (Wildman–Crippen LogP) is 2.73. The Morgan fingerprint density at radius 1 is 0.958 bits per heavy atom. The van der Waals surface area contributed by atoms with E-state index >= 15 is 0 Å². The zero-order chi connectivity index (χ0) is 16.8. The third-order valence-corrected chi connectivity index (χ3v) is 4.22. The molecule has 0 bridgehead atoms. The second kappa shape index (κ2) is 7.75. The molecule has 0 fully saturated rings. The molecular weight excluding hydrogens is 294 g/mol. The number of hydrogen-bond donors (Lipinski definition) is 2. The summed E-state index contributed by atoms with van der Waals surface area (Å²) in [5, 5.41) is 3.40. The van der Waals surface area contributed by atoms with Gasteiger partial charge in [0, 0.05) is 42.7 Å². The lowest BCUT2D eigenvalue weighted by Crippen LogP contribution is -2.62. The summed E-state index contributed by atoms with van der Waals surface area (Å²) in [4.78, 5) is 5.73. The number of nitrogens with zero attached hydrogens (tertiary/aromatic N) is 1. The average molecular weight is 318 g/mol. The van der Waals surface area contributed by atoms with Gasteiger partial charge in [-0.05, 0) is 37.3 Å². The van der Waals surface area contributed by atoms with E-state index in [4.69, 9.17) is 0 Å². The van der Waals surface area contributed by atoms with E-state index < -0.39 is 0 Å². The van der Waals surface area contributed by atoms with Crippen LogP contribution in [-0.2, 0) is 0 Å². The van der Waals surface area contributed by atoms with Crippen molar-refractivity contribution in [1.82, 2.24) is 4.90 Å². The number of anilines is 1. The molecule has 0 saturated heterocycles. The van der Waals surface area contributed by atoms with Crippen LogP contribution in [-0.4, -0.2) is 31.3 Å². The molecule has 24 heavy (non-hydrogen) atoms. The Kier molecular flexibility index (Phi) is 5.24. The summed E-state index contributed by atoms with van der Waals surface area (Å²) in [5.41, 5.74) is 6.18. The molecule has 0 unspecified atom stereocenters. The van der Waals surface area contributed by atoms with E-state index in [9.17, 15) is 0 Å². The molecule has 0 aromatic heterocycles. The van der Waals surface area contributed by atoms with Gasteiger partial charge in [-0.2, -0.15) is 0 Å². The lowest BCUT2D eigenvalue weighted by atomic mass is 9.98. The molecule has 2 N–H and O–H groups in total. The van der Waals surface area contributed by atoms with Crippen molar-refractivity contribution in [1.29, 1.82) is 0 Å². The van der Waals surface area contributed by atoms with Gasteiger partial charge in [-0.1, -0.05) is 36.4 Å². The first kappa shape index (κ1) is 16.2. The Labute approximate surface area is 144 Å². The molecule has 3 nitrogen and oxygen atoms in total. The quantitative estimate of drug-likeness (QED) is 0.849. The van der Waals surface area contributed by atoms with Crippen molar-refractivity contribution < 1.29 is 4.99 Å². The van der Waals surface area contributed by atoms with Crippen molar-refractivity contribution in [2.75, 3.05) is 25.5 Å². The normalized spacial score (nSPS) is 17.7. The standard InChI is InChI=1S/C21H23N3/c1-17-18(13-22-20-9-5-3-6-10-20)15-24(2)16-19(17)14-23-21-11-7-4-8-12-21/h3-14,22H,15-16H2,1-2H3/p+1/b18-13+,23-14?. The summed E-state index contributed by atoms with van der Waals surface area (Å²) >= 11 is 0. The van der Waals surface area contributed by atoms with Crippen LogP contribution >= 0.6 is 0 Å². The van der Waals surface area contributed by atoms with Gasteiger partial charge in [0.1, 0.15) is 0 Å². The maximum absolute atomic E-state index is 3.40. The molecule has 0 aliphatic carbocycles. The summed E-state index contributed by atoms with van der Waals surface area (Å²) in [6.07, 6.45) is 4.24. The van der Waals surface area contributed by atoms with Crippen molar-refractivity contribution in [3.63, 3.8) is 0 Å². The SMILES string of the molecule is CC1=C(C=[NH+]c2ccccc2)CN(C)C/C1=C\Nc1ccccc1. The molecule has 1 aliphatic heterocycles. The van der Waals surface area contributed by atoms with Crippen molar-refractivity contribution >= 4 is 17.6 Å². The summed E-state index contributed by atoms with van der Waals surface area (Å²) in [7, 11) is 2.15. The van der Waals surface area contributed by atoms with Crippen molar-refractivity contribution in [3.8, 4) is 0 Å². The van der Waals surface area contributed by atoms with Gasteiger partial charge in [-0.3, -0.25) is 4.90 Å². The molecule has 0 amide bonds. The predicted molar refractivity (Wildman–Crippen MR) is 101 cm³/mol. The fourth-order valence-corrected chi connectivity index (χ4v) is 2.80. The molecule has 0 saturated carbocycles. The molecule has 122 valence electrons. The van der Waals surface area contributed by atoms with Crippen molar-refractivity contribution in [2.24, 2.45) is 0 Å². The van der Waals surface area contributed by atoms with Crippen LogP contribution < -0.4 is 10.3 Å². The second-order valence-electron chi connectivity index (χ2n) is 6.16. The maximum Gasteiger partial charge on any atom is 0.203 e. The van der Waals surface area contributed by atoms with E-state index in [-0.39, 0.29) is 0 Å². The van der Waals surface area contributed by atoms with E-state index in [0.29, 0.717) is 0 Å². The second-order valence-corrected chi connectivity index (χ2v) is 6.16. The van der Waals surface area contributed by atoms with Crippen molar-refractivity contribution in [3.05, 3.63) is 83.6 Å². The monoisotopic (exact) mass is 318 g/mol. The molecule has 0 radical (unpaired) electrons. The minimum absolute atomic E-state index is 0.953. The van der Waals surface area contributed by atoms with E-state index in [0.717, 1.165) is 24.5 Å². The van der Waals surface area contributed by atoms with Crippen LogP contribution in [0.3, 0.4) is 0 Å². The van der Waals surface area contributed by atoms with Crippen molar-refractivity contribution in [2.45, 2.75) is 6.92 Å². The summed E-state index contributed by atoms with van der Waals surface area (Å²) in [6.45, 7) is 4.10. The molecule has 2 aromatic carbocycles. The fraction of sp³-hybridized carbons (Fsp3) is 0.190. The molecular formula is C21H24N3+. The van der Waals surface area contributed by atoms with E-state index in [2.05, 4.69) is 65.9 Å². The minimum Gasteiger partial charge on any atom is -0.361 e. The number of para-hydroxylation sites is 2. The fourth-order valence-electron chi connectivity index (χ4n) is 2.80. The van der Waals surface area contributed by atoms with Gasteiger partial charge in [-0.25, -0.2) is 4.99 Å². The van der Waals surface area contributed by atoms with E-state index in [1.54, 1.807) is 0 Å². The number of rotatable bonds is 4. The molecule has 3 heteroatoms. The summed E-state index contributed by atoms with van der Waals surface area (Å²) in [6, 6.07) is 20.5. The Bertz CT molecular complexity index is 758. The largest absolute Gasteiger partial charge is 0.361 e. The van der Waals surface area contributed by atoms with Crippen LogP contribution in [0.2, 0.25) is 0 Å². The zero-order valence-corrected chi connectivity index (χ0v) is 14.3. The third-order valence-electron chi connectivity index (χ3n) is 4.22. The van der Waals surface area contributed by atoms with Crippen LogP contribution in [0.1, 0.15) is 6.92 Å². The van der Waals surface area contributed by atoms with E-state index in [1.807, 2.05) is 36.4 Å². The molecule has 0 atom stereocenters. The smallest absolute Gasteiger partial charge is 0.203 e. The highest BCUT2D eigenvalue weighted by Crippen LogP contribution is 2.20. The molecule has 2 aromatic rings. The van der Waals surface area contributed by atoms with Gasteiger partial charge in [0.05, 0.1) is 0 Å². The number of hydrogen-bond acceptors (Lipinski definition) is 2. The van der Waals surface area contributed by atoms with Crippen LogP contribution in [0.15, 0.2) is 83.6 Å². The van der Waals surface area contributed by atoms with Gasteiger partial charge in [-0.15, -0.1) is 0 Å². The first-order valence-electron chi connectivity index (χ1n) is 8.26. The van der Waals surface area contributed by atoms with Gasteiger partial charge in [0.15, 0.2) is 6.21 Å². The van der Waals surface area contributed by atoms with Gasteiger partial charge < -0.3 is 5.32 Å². The van der Waals surface area contributed by atoms with Crippen LogP contribution in [0.25, 0.3) is 0 Å². The highest BCUT2D eigenvalue weighted by atomic mass is 15.1. The number of benzene rings is 2. The Morgan fingerprint density at radius 3 is 2.33 bits per heavy atom. The molecule has 0 spiro atoms. The number of nitrogens with one attached hydrogen (secondary N) is 2. The first-order valence-corrected chi connectivity index (χ1v) is 8.26. The van der Waals surface area contributed by atoms with E-state index in [1.165, 1.54) is 16.7 Å². The lowest BCUT2D eigenvalue weighted by molar-refractivity contribution is -0.347. The first-order chi connectivity index (χ1) is 11.7. The van der Waals surface area contributed by atoms with Gasteiger partial charge in [0.2, 0.25) is 5.69 Å². The van der Waals surface area contributed by atoms with Gasteiger partial charge in [0.25, 0.3) is 0 Å². The molecule has 3 rings (SSSR count). The third kappa shape index (κ3) is 4.21. The van der Waals surface area contributed by atoms with Gasteiger partial charge >= 0.3 is 0 Å². The Hall–Kier alpha value is -2.65. The molecule has 1 heterocycles. The summed E-state index contributed by atoms with van der Waals surface area (Å²) in [5.74, 6) is 0.